The van der Waals surface area contributed by atoms with Crippen molar-refractivity contribution in [3.8, 4) is 0 Å². The number of nitrogens with zero attached hydrogens (tertiary/aromatic N) is 2. The van der Waals surface area contributed by atoms with Crippen molar-refractivity contribution in [2.75, 3.05) is 6.54 Å². The number of nitro benzene ring substituents is 1. The molecule has 1 atom stereocenters. The minimum Gasteiger partial charge on any atom is -0.444 e. The molecular formula is C14H17N3O4. The molecule has 21 heavy (non-hydrogen) atoms. The van der Waals surface area contributed by atoms with Gasteiger partial charge in [0.05, 0.1) is 23.8 Å². The lowest BCUT2D eigenvalue weighted by Crippen LogP contribution is -2.21. The van der Waals surface area contributed by atoms with Gasteiger partial charge in [-0.2, -0.15) is 0 Å². The van der Waals surface area contributed by atoms with Crippen LogP contribution in [0, 0.1) is 10.1 Å². The molecule has 1 unspecified atom stereocenters. The van der Waals surface area contributed by atoms with Crippen molar-refractivity contribution in [3.05, 3.63) is 57.8 Å². The maximum Gasteiger partial charge on any atom is 0.269 e. The molecule has 2 rings (SSSR count). The molecule has 7 heteroatoms. The van der Waals surface area contributed by atoms with Crippen molar-refractivity contribution in [2.45, 2.75) is 26.0 Å². The van der Waals surface area contributed by atoms with Gasteiger partial charge in [-0.25, -0.2) is 4.98 Å². The second kappa shape index (κ2) is 6.96. The second-order valence-corrected chi connectivity index (χ2v) is 4.57. The van der Waals surface area contributed by atoms with Crippen LogP contribution in [0.25, 0.3) is 0 Å². The number of aliphatic hydroxyl groups is 1. The minimum absolute atomic E-state index is 0.00536. The van der Waals surface area contributed by atoms with Gasteiger partial charge in [-0.15, -0.1) is 0 Å². The Morgan fingerprint density at radius 2 is 2.14 bits per heavy atom. The molecule has 0 amide bonds. The smallest absolute Gasteiger partial charge is 0.269 e. The van der Waals surface area contributed by atoms with Gasteiger partial charge < -0.3 is 14.8 Å². The summed E-state index contributed by atoms with van der Waals surface area (Å²) in [7, 11) is 0. The zero-order valence-electron chi connectivity index (χ0n) is 11.7. The predicted octanol–water partition coefficient (Wildman–Crippen LogP) is 1.97. The van der Waals surface area contributed by atoms with Gasteiger partial charge in [-0.1, -0.05) is 6.92 Å². The van der Waals surface area contributed by atoms with Crippen LogP contribution in [0.5, 0.6) is 0 Å². The normalized spacial score (nSPS) is 12.3. The fourth-order valence-corrected chi connectivity index (χ4v) is 1.85. The first kappa shape index (κ1) is 15.1. The zero-order valence-corrected chi connectivity index (χ0v) is 11.7. The first-order chi connectivity index (χ1) is 10.1. The molecule has 112 valence electrons. The fourth-order valence-electron chi connectivity index (χ4n) is 1.85. The van der Waals surface area contributed by atoms with Gasteiger partial charge in [-0.3, -0.25) is 10.1 Å². The van der Waals surface area contributed by atoms with Gasteiger partial charge in [-0.05, 0) is 17.7 Å². The summed E-state index contributed by atoms with van der Waals surface area (Å²) in [6.45, 7) is 2.71. The molecule has 0 saturated heterocycles. The van der Waals surface area contributed by atoms with Crippen molar-refractivity contribution >= 4 is 5.69 Å². The van der Waals surface area contributed by atoms with E-state index in [1.54, 1.807) is 18.3 Å². The Bertz CT molecular complexity index is 595. The second-order valence-electron chi connectivity index (χ2n) is 4.57. The van der Waals surface area contributed by atoms with E-state index in [-0.39, 0.29) is 5.69 Å². The monoisotopic (exact) mass is 291 g/mol. The third kappa shape index (κ3) is 4.11. The summed E-state index contributed by atoms with van der Waals surface area (Å²) in [5.41, 5.74) is 0.626. The Balaban J connectivity index is 1.83. The number of non-ortho nitro benzene ring substituents is 1. The van der Waals surface area contributed by atoms with Gasteiger partial charge in [0.25, 0.3) is 5.69 Å². The van der Waals surface area contributed by atoms with E-state index in [1.165, 1.54) is 12.1 Å². The standard InChI is InChI=1S/C14H17N3O4/c1-2-12-7-16-14(21-12)9-15-8-13(18)10-3-5-11(6-4-10)17(19)20/h3-7,13,15,18H,2,8-9H2,1H3. The molecule has 7 nitrogen and oxygen atoms in total. The Labute approximate surface area is 121 Å². The number of nitro groups is 1. The molecule has 1 aromatic heterocycles. The van der Waals surface area contributed by atoms with Crippen LogP contribution in [0.1, 0.15) is 30.2 Å². The highest BCUT2D eigenvalue weighted by Gasteiger charge is 2.11. The SMILES string of the molecule is CCc1cnc(CNCC(O)c2ccc([N+](=O)[O-])cc2)o1. The van der Waals surface area contributed by atoms with Crippen LogP contribution in [0.15, 0.2) is 34.9 Å². The van der Waals surface area contributed by atoms with Crippen molar-refractivity contribution in [1.29, 1.82) is 0 Å². The molecule has 1 aromatic carbocycles. The summed E-state index contributed by atoms with van der Waals surface area (Å²) in [6.07, 6.45) is 1.73. The number of hydrogen-bond acceptors (Lipinski definition) is 6. The van der Waals surface area contributed by atoms with Crippen LogP contribution in [0.3, 0.4) is 0 Å². The van der Waals surface area contributed by atoms with Crippen molar-refractivity contribution in [3.63, 3.8) is 0 Å². The van der Waals surface area contributed by atoms with Crippen LogP contribution < -0.4 is 5.32 Å². The van der Waals surface area contributed by atoms with E-state index in [2.05, 4.69) is 10.3 Å². The summed E-state index contributed by atoms with van der Waals surface area (Å²) >= 11 is 0. The molecule has 0 fully saturated rings. The van der Waals surface area contributed by atoms with Crippen LogP contribution in [-0.4, -0.2) is 21.6 Å². The number of aliphatic hydroxyl groups excluding tert-OH is 1. The number of hydrogen-bond donors (Lipinski definition) is 2. The fraction of sp³-hybridized carbons (Fsp3) is 0.357. The molecule has 1 heterocycles. The lowest BCUT2D eigenvalue weighted by Gasteiger charge is -2.11. The van der Waals surface area contributed by atoms with Crippen LogP contribution in [0.2, 0.25) is 0 Å². The minimum atomic E-state index is -0.744. The highest BCUT2D eigenvalue weighted by Crippen LogP contribution is 2.17. The van der Waals surface area contributed by atoms with Crippen LogP contribution in [0.4, 0.5) is 5.69 Å². The quantitative estimate of drug-likeness (QED) is 0.597. The third-order valence-corrected chi connectivity index (χ3v) is 3.05. The molecule has 0 saturated carbocycles. The lowest BCUT2D eigenvalue weighted by atomic mass is 10.1. The van der Waals surface area contributed by atoms with Crippen molar-refractivity contribution in [1.82, 2.24) is 10.3 Å². The van der Waals surface area contributed by atoms with Gasteiger partial charge in [0.15, 0.2) is 0 Å². The van der Waals surface area contributed by atoms with Gasteiger partial charge in [0.2, 0.25) is 5.89 Å². The molecule has 0 spiro atoms. The third-order valence-electron chi connectivity index (χ3n) is 3.05. The number of aromatic nitrogens is 1. The number of oxazole rings is 1. The Morgan fingerprint density at radius 3 is 2.71 bits per heavy atom. The topological polar surface area (TPSA) is 101 Å². The number of nitrogens with one attached hydrogen (secondary N) is 1. The lowest BCUT2D eigenvalue weighted by molar-refractivity contribution is -0.384. The highest BCUT2D eigenvalue weighted by molar-refractivity contribution is 5.33. The first-order valence-corrected chi connectivity index (χ1v) is 6.67. The van der Waals surface area contributed by atoms with Crippen molar-refractivity contribution in [2.24, 2.45) is 0 Å². The first-order valence-electron chi connectivity index (χ1n) is 6.67. The maximum absolute atomic E-state index is 10.6. The summed E-state index contributed by atoms with van der Waals surface area (Å²) in [5, 5.41) is 23.6. The van der Waals surface area contributed by atoms with E-state index in [9.17, 15) is 15.2 Å². The van der Waals surface area contributed by atoms with E-state index >= 15 is 0 Å². The van der Waals surface area contributed by atoms with Crippen LogP contribution in [-0.2, 0) is 13.0 Å². The Kier molecular flexibility index (Phi) is 5.02. The molecule has 0 aliphatic rings. The summed E-state index contributed by atoms with van der Waals surface area (Å²) in [4.78, 5) is 14.2. The molecule has 0 bridgehead atoms. The van der Waals surface area contributed by atoms with Gasteiger partial charge in [0.1, 0.15) is 5.76 Å². The molecule has 2 N–H and O–H groups in total. The molecule has 0 radical (unpaired) electrons. The maximum atomic E-state index is 10.6. The van der Waals surface area contributed by atoms with Gasteiger partial charge in [0, 0.05) is 25.1 Å². The predicted molar refractivity (Wildman–Crippen MR) is 75.6 cm³/mol. The van der Waals surface area contributed by atoms with Crippen LogP contribution >= 0.6 is 0 Å². The summed E-state index contributed by atoms with van der Waals surface area (Å²) < 4.78 is 5.43. The average Bonchev–Trinajstić information content (AvgIpc) is 2.95. The van der Waals surface area contributed by atoms with E-state index < -0.39 is 11.0 Å². The van der Waals surface area contributed by atoms with E-state index in [0.29, 0.717) is 24.5 Å². The van der Waals surface area contributed by atoms with Crippen molar-refractivity contribution < 1.29 is 14.4 Å². The van der Waals surface area contributed by atoms with Gasteiger partial charge >= 0.3 is 0 Å². The summed E-state index contributed by atoms with van der Waals surface area (Å²) in [5.74, 6) is 1.39. The number of aryl methyl sites for hydroxylation is 1. The number of rotatable bonds is 7. The zero-order chi connectivity index (χ0) is 15.2. The molecule has 0 aliphatic heterocycles. The average molecular weight is 291 g/mol. The summed E-state index contributed by atoms with van der Waals surface area (Å²) in [6, 6.07) is 5.84. The largest absolute Gasteiger partial charge is 0.444 e. The molecule has 0 aliphatic carbocycles. The van der Waals surface area contributed by atoms with E-state index in [0.717, 1.165) is 12.2 Å². The number of benzene rings is 1. The highest BCUT2D eigenvalue weighted by atomic mass is 16.6. The Hall–Kier alpha value is -2.25. The van der Waals surface area contributed by atoms with E-state index in [4.69, 9.17) is 4.42 Å². The Morgan fingerprint density at radius 1 is 1.43 bits per heavy atom. The molecule has 2 aromatic rings. The molecular weight excluding hydrogens is 274 g/mol. The van der Waals surface area contributed by atoms with E-state index in [1.807, 2.05) is 6.92 Å².